The molecule has 0 N–H and O–H groups in total. The van der Waals surface area contributed by atoms with Crippen molar-refractivity contribution < 1.29 is 13.6 Å². The van der Waals surface area contributed by atoms with E-state index in [1.807, 2.05) is 48.5 Å². The van der Waals surface area contributed by atoms with Gasteiger partial charge in [-0.3, -0.25) is 9.69 Å². The Balaban J connectivity index is 1.64. The predicted octanol–water partition coefficient (Wildman–Crippen LogP) is 6.27. The van der Waals surface area contributed by atoms with Crippen molar-refractivity contribution >= 4 is 29.5 Å². The van der Waals surface area contributed by atoms with Gasteiger partial charge in [0, 0.05) is 46.2 Å². The van der Waals surface area contributed by atoms with Crippen molar-refractivity contribution in [3.8, 4) is 0 Å². The summed E-state index contributed by atoms with van der Waals surface area (Å²) >= 11 is 12.1. The number of carbonyl (C=O) groups is 1. The topological polar surface area (TPSA) is 20.3 Å². The van der Waals surface area contributed by atoms with Crippen LogP contribution in [-0.2, 0) is 0 Å². The monoisotopic (exact) mass is 431 g/mol. The molecule has 0 atom stereocenters. The molecule has 0 aliphatic carbocycles. The standard InChI is InChI=1S/C23H17Cl2F2NO/c24-18-5-1-14(2-6-18)23(15-3-7-19(25)8-4-15)28-11-17(12-28)22-16(13-29)9-20(26)10-21(22)27/h1-10,13,17,23H,11-12H2. The van der Waals surface area contributed by atoms with Gasteiger partial charge in [-0.05, 0) is 41.5 Å². The van der Waals surface area contributed by atoms with Crippen LogP contribution in [0.3, 0.4) is 0 Å². The summed E-state index contributed by atoms with van der Waals surface area (Å²) in [6.07, 6.45) is 0.514. The van der Waals surface area contributed by atoms with E-state index < -0.39 is 11.6 Å². The van der Waals surface area contributed by atoms with Crippen LogP contribution in [0.2, 0.25) is 10.0 Å². The predicted molar refractivity (Wildman–Crippen MR) is 111 cm³/mol. The van der Waals surface area contributed by atoms with Gasteiger partial charge in [0.15, 0.2) is 6.29 Å². The van der Waals surface area contributed by atoms with Crippen molar-refractivity contribution in [3.63, 3.8) is 0 Å². The van der Waals surface area contributed by atoms with Crippen LogP contribution in [0.4, 0.5) is 8.78 Å². The highest BCUT2D eigenvalue weighted by Gasteiger charge is 2.37. The number of hydrogen-bond acceptors (Lipinski definition) is 2. The first-order valence-corrected chi connectivity index (χ1v) is 9.91. The normalized spacial score (nSPS) is 14.8. The second kappa shape index (κ2) is 8.23. The number of nitrogens with zero attached hydrogens (tertiary/aromatic N) is 1. The molecule has 0 spiro atoms. The van der Waals surface area contributed by atoms with E-state index in [4.69, 9.17) is 23.2 Å². The third-order valence-corrected chi connectivity index (χ3v) is 5.81. The van der Waals surface area contributed by atoms with Crippen LogP contribution < -0.4 is 0 Å². The van der Waals surface area contributed by atoms with Crippen LogP contribution in [0.1, 0.15) is 39.0 Å². The quantitative estimate of drug-likeness (QED) is 0.443. The Labute approximate surface area is 177 Å². The van der Waals surface area contributed by atoms with Gasteiger partial charge >= 0.3 is 0 Å². The molecule has 1 saturated heterocycles. The fraction of sp³-hybridized carbons (Fsp3) is 0.174. The van der Waals surface area contributed by atoms with Crippen LogP contribution in [0.5, 0.6) is 0 Å². The molecular weight excluding hydrogens is 415 g/mol. The van der Waals surface area contributed by atoms with Gasteiger partial charge in [0.1, 0.15) is 11.6 Å². The fourth-order valence-electron chi connectivity index (χ4n) is 3.94. The Bertz CT molecular complexity index is 986. The largest absolute Gasteiger partial charge is 0.298 e. The number of hydrogen-bond donors (Lipinski definition) is 0. The molecule has 0 radical (unpaired) electrons. The summed E-state index contributed by atoms with van der Waals surface area (Å²) in [7, 11) is 0. The SMILES string of the molecule is O=Cc1cc(F)cc(F)c1C1CN(C(c2ccc(Cl)cc2)c2ccc(Cl)cc2)C1. The third kappa shape index (κ3) is 4.06. The number of aldehydes is 1. The zero-order chi connectivity index (χ0) is 20.5. The number of rotatable bonds is 5. The van der Waals surface area contributed by atoms with E-state index in [0.717, 1.165) is 23.3 Å². The van der Waals surface area contributed by atoms with Crippen molar-refractivity contribution in [1.29, 1.82) is 0 Å². The smallest absolute Gasteiger partial charge is 0.150 e. The minimum atomic E-state index is -0.746. The molecule has 1 aliphatic heterocycles. The lowest BCUT2D eigenvalue weighted by Crippen LogP contribution is -2.47. The number of carbonyl (C=O) groups excluding carboxylic acids is 1. The third-order valence-electron chi connectivity index (χ3n) is 5.31. The molecule has 148 valence electrons. The van der Waals surface area contributed by atoms with Gasteiger partial charge in [-0.2, -0.15) is 0 Å². The molecule has 1 fully saturated rings. The summed E-state index contributed by atoms with van der Waals surface area (Å²) in [5, 5.41) is 1.29. The number of likely N-dealkylation sites (tertiary alicyclic amines) is 1. The lowest BCUT2D eigenvalue weighted by molar-refractivity contribution is 0.105. The minimum absolute atomic E-state index is 0.0658. The van der Waals surface area contributed by atoms with Gasteiger partial charge in [-0.25, -0.2) is 8.78 Å². The van der Waals surface area contributed by atoms with Crippen molar-refractivity contribution in [2.24, 2.45) is 0 Å². The van der Waals surface area contributed by atoms with E-state index in [1.165, 1.54) is 0 Å². The molecular formula is C23H17Cl2F2NO. The Morgan fingerprint density at radius 1 is 0.897 bits per heavy atom. The van der Waals surface area contributed by atoms with Gasteiger partial charge in [0.05, 0.1) is 6.04 Å². The lowest BCUT2D eigenvalue weighted by Gasteiger charge is -2.45. The molecule has 4 rings (SSSR count). The van der Waals surface area contributed by atoms with Crippen molar-refractivity contribution in [1.82, 2.24) is 4.90 Å². The zero-order valence-corrected chi connectivity index (χ0v) is 16.8. The van der Waals surface area contributed by atoms with Crippen LogP contribution in [0, 0.1) is 11.6 Å². The van der Waals surface area contributed by atoms with Gasteiger partial charge in [0.2, 0.25) is 0 Å². The lowest BCUT2D eigenvalue weighted by atomic mass is 9.84. The first-order chi connectivity index (χ1) is 14.0. The second-order valence-electron chi connectivity index (χ2n) is 7.16. The highest BCUT2D eigenvalue weighted by molar-refractivity contribution is 6.30. The van der Waals surface area contributed by atoms with Gasteiger partial charge < -0.3 is 0 Å². The maximum atomic E-state index is 14.4. The van der Waals surface area contributed by atoms with Gasteiger partial charge in [-0.1, -0.05) is 47.5 Å². The summed E-state index contributed by atoms with van der Waals surface area (Å²) in [6, 6.07) is 17.0. The summed E-state index contributed by atoms with van der Waals surface area (Å²) < 4.78 is 27.8. The highest BCUT2D eigenvalue weighted by Crippen LogP contribution is 2.40. The molecule has 1 heterocycles. The van der Waals surface area contributed by atoms with Crippen LogP contribution in [0.15, 0.2) is 60.7 Å². The molecule has 3 aromatic carbocycles. The molecule has 0 saturated carbocycles. The Morgan fingerprint density at radius 3 is 1.90 bits per heavy atom. The first kappa shape index (κ1) is 20.0. The molecule has 0 bridgehead atoms. The summed E-state index contributed by atoms with van der Waals surface area (Å²) in [5.74, 6) is -1.60. The molecule has 0 aromatic heterocycles. The van der Waals surface area contributed by atoms with Gasteiger partial charge in [0.25, 0.3) is 0 Å². The Morgan fingerprint density at radius 2 is 1.41 bits per heavy atom. The maximum Gasteiger partial charge on any atom is 0.150 e. The average Bonchev–Trinajstić information content (AvgIpc) is 2.67. The maximum absolute atomic E-state index is 14.4. The van der Waals surface area contributed by atoms with E-state index >= 15 is 0 Å². The van der Waals surface area contributed by atoms with Crippen LogP contribution in [-0.4, -0.2) is 24.3 Å². The fourth-order valence-corrected chi connectivity index (χ4v) is 4.20. The summed E-state index contributed by atoms with van der Waals surface area (Å²) in [5.41, 5.74) is 2.45. The molecule has 2 nitrogen and oxygen atoms in total. The zero-order valence-electron chi connectivity index (χ0n) is 15.3. The molecule has 0 amide bonds. The average molecular weight is 432 g/mol. The number of halogens is 4. The Kier molecular flexibility index (Phi) is 5.68. The van der Waals surface area contributed by atoms with E-state index in [2.05, 4.69) is 4.90 Å². The van der Waals surface area contributed by atoms with Crippen LogP contribution in [0.25, 0.3) is 0 Å². The van der Waals surface area contributed by atoms with Crippen molar-refractivity contribution in [3.05, 3.63) is 105 Å². The van der Waals surface area contributed by atoms with E-state index in [1.54, 1.807) is 0 Å². The molecule has 1 aliphatic rings. The van der Waals surface area contributed by atoms with E-state index in [9.17, 15) is 13.6 Å². The van der Waals surface area contributed by atoms with Gasteiger partial charge in [-0.15, -0.1) is 0 Å². The number of benzene rings is 3. The molecule has 6 heteroatoms. The highest BCUT2D eigenvalue weighted by atomic mass is 35.5. The van der Waals surface area contributed by atoms with Crippen LogP contribution >= 0.6 is 23.2 Å². The second-order valence-corrected chi connectivity index (χ2v) is 8.04. The summed E-state index contributed by atoms with van der Waals surface area (Å²) in [6.45, 7) is 1.08. The van der Waals surface area contributed by atoms with Crippen molar-refractivity contribution in [2.75, 3.05) is 13.1 Å². The first-order valence-electron chi connectivity index (χ1n) is 9.15. The Hall–Kier alpha value is -2.27. The van der Waals surface area contributed by atoms with E-state index in [0.29, 0.717) is 29.4 Å². The van der Waals surface area contributed by atoms with E-state index in [-0.39, 0.29) is 23.1 Å². The molecule has 29 heavy (non-hydrogen) atoms. The van der Waals surface area contributed by atoms with Crippen molar-refractivity contribution in [2.45, 2.75) is 12.0 Å². The summed E-state index contributed by atoms with van der Waals surface area (Å²) in [4.78, 5) is 13.5. The minimum Gasteiger partial charge on any atom is -0.298 e. The molecule has 0 unspecified atom stereocenters. The molecule has 3 aromatic rings.